The van der Waals surface area contributed by atoms with Gasteiger partial charge in [0.1, 0.15) is 11.4 Å². The normalized spacial score (nSPS) is 12.5. The van der Waals surface area contributed by atoms with Gasteiger partial charge in [0.15, 0.2) is 5.78 Å². The van der Waals surface area contributed by atoms with Crippen LogP contribution in [0.15, 0.2) is 22.7 Å². The van der Waals surface area contributed by atoms with Gasteiger partial charge in [0, 0.05) is 29.5 Å². The minimum atomic E-state index is -3.13. The van der Waals surface area contributed by atoms with Crippen LogP contribution >= 0.6 is 15.9 Å². The zero-order chi connectivity index (χ0) is 16.3. The summed E-state index contributed by atoms with van der Waals surface area (Å²) in [6, 6.07) is 3.54. The first kappa shape index (κ1) is 18.2. The molecule has 0 saturated heterocycles. The third-order valence-electron chi connectivity index (χ3n) is 3.28. The van der Waals surface area contributed by atoms with Crippen LogP contribution in [0, 0.1) is 5.82 Å². The van der Waals surface area contributed by atoms with Crippen molar-refractivity contribution in [3.63, 3.8) is 0 Å². The maximum atomic E-state index is 14.1. The van der Waals surface area contributed by atoms with E-state index in [1.54, 1.807) is 6.92 Å². The molecule has 0 saturated carbocycles. The van der Waals surface area contributed by atoms with Crippen molar-refractivity contribution in [2.75, 3.05) is 6.61 Å². The summed E-state index contributed by atoms with van der Waals surface area (Å²) in [6.45, 7) is 4.40. The van der Waals surface area contributed by atoms with E-state index in [9.17, 15) is 18.0 Å². The third-order valence-corrected chi connectivity index (χ3v) is 3.94. The summed E-state index contributed by atoms with van der Waals surface area (Å²) in [5, 5.41) is 0. The Labute approximate surface area is 130 Å². The van der Waals surface area contributed by atoms with Crippen LogP contribution in [0.4, 0.5) is 13.2 Å². The molecule has 21 heavy (non-hydrogen) atoms. The fourth-order valence-electron chi connectivity index (χ4n) is 1.89. The standard InChI is InChI=1S/C15H18BrF3O2/c1-4-21-14(2,3)15(18,19)8-7-13(20)11-6-5-10(17)9-12(11)16/h5-6,9H,4,7-8H2,1-3H3. The lowest BCUT2D eigenvalue weighted by Gasteiger charge is -2.33. The lowest BCUT2D eigenvalue weighted by molar-refractivity contribution is -0.191. The summed E-state index contributed by atoms with van der Waals surface area (Å²) in [6.07, 6.45) is -0.962. The molecule has 0 aliphatic heterocycles. The molecule has 118 valence electrons. The second-order valence-corrected chi connectivity index (χ2v) is 6.05. The molecule has 0 unspecified atom stereocenters. The molecular formula is C15H18BrF3O2. The molecule has 0 aliphatic carbocycles. The Morgan fingerprint density at radius 3 is 2.48 bits per heavy atom. The van der Waals surface area contributed by atoms with Gasteiger partial charge in [0.05, 0.1) is 0 Å². The first-order valence-corrected chi connectivity index (χ1v) is 7.40. The Morgan fingerprint density at radius 2 is 1.95 bits per heavy atom. The van der Waals surface area contributed by atoms with Crippen LogP contribution in [-0.4, -0.2) is 23.9 Å². The van der Waals surface area contributed by atoms with Crippen LogP contribution in [0.25, 0.3) is 0 Å². The van der Waals surface area contributed by atoms with Crippen molar-refractivity contribution in [1.29, 1.82) is 0 Å². The van der Waals surface area contributed by atoms with Gasteiger partial charge < -0.3 is 4.74 Å². The summed E-state index contributed by atoms with van der Waals surface area (Å²) in [4.78, 5) is 12.0. The van der Waals surface area contributed by atoms with Crippen LogP contribution in [0.2, 0.25) is 0 Å². The molecule has 2 nitrogen and oxygen atoms in total. The second-order valence-electron chi connectivity index (χ2n) is 5.20. The third kappa shape index (κ3) is 4.54. The highest BCUT2D eigenvalue weighted by Crippen LogP contribution is 2.36. The largest absolute Gasteiger partial charge is 0.370 e. The monoisotopic (exact) mass is 366 g/mol. The fraction of sp³-hybridized carbons (Fsp3) is 0.533. The molecule has 0 fully saturated rings. The highest BCUT2D eigenvalue weighted by atomic mass is 79.9. The summed E-state index contributed by atoms with van der Waals surface area (Å²) < 4.78 is 46.4. The van der Waals surface area contributed by atoms with Gasteiger partial charge in [-0.1, -0.05) is 0 Å². The van der Waals surface area contributed by atoms with Crippen molar-refractivity contribution in [1.82, 2.24) is 0 Å². The van der Waals surface area contributed by atoms with E-state index in [0.717, 1.165) is 12.1 Å². The average molecular weight is 367 g/mol. The highest BCUT2D eigenvalue weighted by Gasteiger charge is 2.47. The predicted octanol–water partition coefficient (Wildman–Crippen LogP) is 5.00. The second kappa shape index (κ2) is 6.92. The molecule has 0 amide bonds. The topological polar surface area (TPSA) is 26.3 Å². The summed E-state index contributed by atoms with van der Waals surface area (Å²) in [7, 11) is 0. The minimum Gasteiger partial charge on any atom is -0.370 e. The van der Waals surface area contributed by atoms with Crippen LogP contribution in [-0.2, 0) is 4.74 Å². The van der Waals surface area contributed by atoms with Gasteiger partial charge in [-0.2, -0.15) is 0 Å². The number of carbonyl (C=O) groups excluding carboxylic acids is 1. The van der Waals surface area contributed by atoms with Gasteiger partial charge >= 0.3 is 0 Å². The van der Waals surface area contributed by atoms with E-state index in [1.807, 2.05) is 0 Å². The SMILES string of the molecule is CCOC(C)(C)C(F)(F)CCC(=O)c1ccc(F)cc1Br. The number of alkyl halides is 2. The smallest absolute Gasteiger partial charge is 0.276 e. The number of ether oxygens (including phenoxy) is 1. The number of Topliss-reactive ketones (excluding diaryl/α,β-unsaturated/α-hetero) is 1. The summed E-state index contributed by atoms with van der Waals surface area (Å²) >= 11 is 3.06. The first-order chi connectivity index (χ1) is 9.60. The molecular weight excluding hydrogens is 349 g/mol. The van der Waals surface area contributed by atoms with Gasteiger partial charge in [0.25, 0.3) is 5.92 Å². The van der Waals surface area contributed by atoms with Gasteiger partial charge in [0.2, 0.25) is 0 Å². The van der Waals surface area contributed by atoms with E-state index in [-0.39, 0.29) is 23.1 Å². The Hall–Kier alpha value is -0.880. The van der Waals surface area contributed by atoms with Crippen molar-refractivity contribution >= 4 is 21.7 Å². The molecule has 0 bridgehead atoms. The van der Waals surface area contributed by atoms with Crippen molar-refractivity contribution < 1.29 is 22.7 Å². The maximum absolute atomic E-state index is 14.1. The van der Waals surface area contributed by atoms with Crippen LogP contribution < -0.4 is 0 Å². The van der Waals surface area contributed by atoms with E-state index in [0.29, 0.717) is 0 Å². The molecule has 0 N–H and O–H groups in total. The van der Waals surface area contributed by atoms with E-state index >= 15 is 0 Å². The molecule has 0 aromatic heterocycles. The number of rotatable bonds is 7. The van der Waals surface area contributed by atoms with Gasteiger partial charge in [-0.3, -0.25) is 4.79 Å². The lowest BCUT2D eigenvalue weighted by Crippen LogP contribution is -2.45. The van der Waals surface area contributed by atoms with Crippen LogP contribution in [0.5, 0.6) is 0 Å². The number of hydrogen-bond acceptors (Lipinski definition) is 2. The quantitative estimate of drug-likeness (QED) is 0.634. The Morgan fingerprint density at radius 1 is 1.33 bits per heavy atom. The van der Waals surface area contributed by atoms with E-state index in [2.05, 4.69) is 15.9 Å². The fourth-order valence-corrected chi connectivity index (χ4v) is 2.46. The molecule has 0 atom stereocenters. The number of carbonyl (C=O) groups is 1. The van der Waals surface area contributed by atoms with Crippen molar-refractivity contribution in [3.05, 3.63) is 34.1 Å². The van der Waals surface area contributed by atoms with Crippen molar-refractivity contribution in [2.45, 2.75) is 45.1 Å². The summed E-state index contributed by atoms with van der Waals surface area (Å²) in [5.74, 6) is -4.10. The average Bonchev–Trinajstić information content (AvgIpc) is 2.35. The van der Waals surface area contributed by atoms with Crippen LogP contribution in [0.3, 0.4) is 0 Å². The first-order valence-electron chi connectivity index (χ1n) is 6.61. The van der Waals surface area contributed by atoms with E-state index < -0.39 is 29.5 Å². The van der Waals surface area contributed by atoms with E-state index in [4.69, 9.17) is 4.74 Å². The molecule has 6 heteroatoms. The zero-order valence-electron chi connectivity index (χ0n) is 12.2. The van der Waals surface area contributed by atoms with E-state index in [1.165, 1.54) is 19.9 Å². The molecule has 1 aromatic rings. The predicted molar refractivity (Wildman–Crippen MR) is 78.3 cm³/mol. The molecule has 0 radical (unpaired) electrons. The zero-order valence-corrected chi connectivity index (χ0v) is 13.8. The molecule has 0 aliphatic rings. The van der Waals surface area contributed by atoms with Crippen molar-refractivity contribution in [2.24, 2.45) is 0 Å². The number of benzene rings is 1. The number of hydrogen-bond donors (Lipinski definition) is 0. The lowest BCUT2D eigenvalue weighted by atomic mass is 9.93. The molecule has 1 rings (SSSR count). The Bertz CT molecular complexity index is 516. The van der Waals surface area contributed by atoms with Crippen LogP contribution in [0.1, 0.15) is 44.0 Å². The number of halogens is 4. The van der Waals surface area contributed by atoms with Gasteiger partial charge in [-0.25, -0.2) is 13.2 Å². The Kier molecular flexibility index (Phi) is 5.99. The molecule has 1 aromatic carbocycles. The Balaban J connectivity index is 2.76. The van der Waals surface area contributed by atoms with Gasteiger partial charge in [-0.15, -0.1) is 0 Å². The molecule has 0 heterocycles. The highest BCUT2D eigenvalue weighted by molar-refractivity contribution is 9.10. The minimum absolute atomic E-state index is 0.167. The van der Waals surface area contributed by atoms with Crippen molar-refractivity contribution in [3.8, 4) is 0 Å². The maximum Gasteiger partial charge on any atom is 0.276 e. The number of ketones is 1. The van der Waals surface area contributed by atoms with Gasteiger partial charge in [-0.05, 0) is 54.9 Å². The molecule has 0 spiro atoms. The summed E-state index contributed by atoms with van der Waals surface area (Å²) in [5.41, 5.74) is -1.44.